The summed E-state index contributed by atoms with van der Waals surface area (Å²) >= 11 is 6.94. The summed E-state index contributed by atoms with van der Waals surface area (Å²) in [7, 11) is 0. The number of aryl methyl sites for hydroxylation is 2. The molecule has 6 heteroatoms. The van der Waals surface area contributed by atoms with Crippen LogP contribution in [0.1, 0.15) is 21.8 Å². The van der Waals surface area contributed by atoms with E-state index < -0.39 is 0 Å². The zero-order valence-corrected chi connectivity index (χ0v) is 15.1. The molecule has 2 aromatic rings. The van der Waals surface area contributed by atoms with Gasteiger partial charge < -0.3 is 5.32 Å². The molecule has 108 valence electrons. The predicted molar refractivity (Wildman–Crippen MR) is 90.7 cm³/mol. The molecule has 0 aliphatic heterocycles. The molecule has 0 unspecified atom stereocenters. The maximum absolute atomic E-state index is 4.51. The van der Waals surface area contributed by atoms with Gasteiger partial charge in [0.2, 0.25) is 0 Å². The summed E-state index contributed by atoms with van der Waals surface area (Å²) in [6.45, 7) is 8.03. The molecule has 0 bridgehead atoms. The Bertz CT molecular complexity index is 561. The summed E-state index contributed by atoms with van der Waals surface area (Å²) < 4.78 is 1.16. The van der Waals surface area contributed by atoms with Crippen molar-refractivity contribution in [2.75, 3.05) is 12.3 Å². The highest BCUT2D eigenvalue weighted by Crippen LogP contribution is 2.19. The minimum atomic E-state index is 0.881. The Morgan fingerprint density at radius 1 is 1.25 bits per heavy atom. The van der Waals surface area contributed by atoms with Gasteiger partial charge in [-0.1, -0.05) is 11.8 Å². The first-order valence-electron chi connectivity index (χ1n) is 6.44. The molecule has 0 saturated carbocycles. The van der Waals surface area contributed by atoms with Crippen LogP contribution in [-0.2, 0) is 6.54 Å². The molecule has 0 aliphatic carbocycles. The third-order valence-electron chi connectivity index (χ3n) is 3.04. The van der Waals surface area contributed by atoms with Crippen molar-refractivity contribution in [3.8, 4) is 0 Å². The Morgan fingerprint density at radius 3 is 2.55 bits per heavy atom. The van der Waals surface area contributed by atoms with Crippen LogP contribution in [0.15, 0.2) is 21.1 Å². The fourth-order valence-electron chi connectivity index (χ4n) is 1.68. The minimum absolute atomic E-state index is 0.881. The van der Waals surface area contributed by atoms with Gasteiger partial charge in [-0.2, -0.15) is 0 Å². The molecular weight excluding hydrogens is 354 g/mol. The summed E-state index contributed by atoms with van der Waals surface area (Å²) in [4.78, 5) is 10.4. The number of aromatic nitrogens is 2. The molecule has 3 nitrogen and oxygen atoms in total. The average molecular weight is 372 g/mol. The number of hydrogen-bond acceptors (Lipinski definition) is 5. The van der Waals surface area contributed by atoms with Crippen molar-refractivity contribution >= 4 is 39.0 Å². The molecule has 0 saturated heterocycles. The summed E-state index contributed by atoms with van der Waals surface area (Å²) in [5, 5.41) is 6.43. The van der Waals surface area contributed by atoms with Gasteiger partial charge in [0.15, 0.2) is 5.16 Å². The van der Waals surface area contributed by atoms with Crippen LogP contribution in [0.5, 0.6) is 0 Å². The molecule has 0 fully saturated rings. The second-order valence-corrected chi connectivity index (χ2v) is 7.53. The molecule has 2 aromatic heterocycles. The van der Waals surface area contributed by atoms with Crippen molar-refractivity contribution in [3.05, 3.63) is 37.7 Å². The minimum Gasteiger partial charge on any atom is -0.311 e. The number of nitrogens with one attached hydrogen (secondary N) is 1. The Hall–Kier alpha value is -0.430. The number of rotatable bonds is 6. The first kappa shape index (κ1) is 15.9. The lowest BCUT2D eigenvalue weighted by atomic mass is 10.2. The van der Waals surface area contributed by atoms with E-state index in [1.807, 2.05) is 13.8 Å². The van der Waals surface area contributed by atoms with Crippen LogP contribution in [0.2, 0.25) is 0 Å². The maximum atomic E-state index is 4.51. The van der Waals surface area contributed by atoms with Gasteiger partial charge in [-0.05, 0) is 48.3 Å². The zero-order chi connectivity index (χ0) is 14.5. The van der Waals surface area contributed by atoms with Gasteiger partial charge in [-0.15, -0.1) is 11.3 Å². The topological polar surface area (TPSA) is 37.8 Å². The quantitative estimate of drug-likeness (QED) is 0.471. The molecule has 0 aliphatic rings. The van der Waals surface area contributed by atoms with Crippen LogP contribution < -0.4 is 5.32 Å². The van der Waals surface area contributed by atoms with Crippen LogP contribution in [0, 0.1) is 20.8 Å². The first-order valence-corrected chi connectivity index (χ1v) is 9.10. The van der Waals surface area contributed by atoms with Gasteiger partial charge in [-0.3, -0.25) is 0 Å². The molecule has 0 aromatic carbocycles. The second-order valence-electron chi connectivity index (χ2n) is 4.56. The lowest BCUT2D eigenvalue weighted by molar-refractivity contribution is 0.739. The van der Waals surface area contributed by atoms with Crippen molar-refractivity contribution in [1.29, 1.82) is 0 Å². The summed E-state index contributed by atoms with van der Waals surface area (Å²) in [6, 6.07) is 2.15. The number of nitrogens with zero attached hydrogens (tertiary/aromatic N) is 2. The van der Waals surface area contributed by atoms with E-state index in [1.165, 1.54) is 10.4 Å². The van der Waals surface area contributed by atoms with E-state index >= 15 is 0 Å². The Morgan fingerprint density at radius 2 is 1.95 bits per heavy atom. The van der Waals surface area contributed by atoms with E-state index in [-0.39, 0.29) is 0 Å². The Balaban J connectivity index is 1.73. The molecule has 2 heterocycles. The highest BCUT2D eigenvalue weighted by atomic mass is 79.9. The van der Waals surface area contributed by atoms with Crippen LogP contribution in [0.25, 0.3) is 0 Å². The number of hydrogen-bond donors (Lipinski definition) is 1. The van der Waals surface area contributed by atoms with E-state index in [0.29, 0.717) is 0 Å². The largest absolute Gasteiger partial charge is 0.311 e. The molecule has 0 atom stereocenters. The van der Waals surface area contributed by atoms with Gasteiger partial charge in [-0.25, -0.2) is 9.97 Å². The maximum Gasteiger partial charge on any atom is 0.188 e. The molecule has 1 N–H and O–H groups in total. The summed E-state index contributed by atoms with van der Waals surface area (Å²) in [5.74, 6) is 0.981. The van der Waals surface area contributed by atoms with Gasteiger partial charge in [0.05, 0.1) is 0 Å². The molecule has 0 radical (unpaired) electrons. The summed E-state index contributed by atoms with van der Waals surface area (Å²) in [6.07, 6.45) is 0. The number of thioether (sulfide) groups is 1. The Labute approximate surface area is 136 Å². The molecular formula is C14H18BrN3S2. The van der Waals surface area contributed by atoms with Crippen molar-refractivity contribution in [3.63, 3.8) is 0 Å². The third-order valence-corrected chi connectivity index (χ3v) is 5.59. The van der Waals surface area contributed by atoms with Crippen molar-refractivity contribution in [2.45, 2.75) is 32.5 Å². The van der Waals surface area contributed by atoms with Crippen LogP contribution in [0.4, 0.5) is 0 Å². The third kappa shape index (κ3) is 4.55. The second kappa shape index (κ2) is 7.54. The van der Waals surface area contributed by atoms with Crippen molar-refractivity contribution in [1.82, 2.24) is 15.3 Å². The van der Waals surface area contributed by atoms with Gasteiger partial charge >= 0.3 is 0 Å². The van der Waals surface area contributed by atoms with Crippen molar-refractivity contribution in [2.24, 2.45) is 0 Å². The normalized spacial score (nSPS) is 11.0. The number of halogens is 1. The lowest BCUT2D eigenvalue weighted by Gasteiger charge is -2.07. The van der Waals surface area contributed by atoms with E-state index in [4.69, 9.17) is 0 Å². The van der Waals surface area contributed by atoms with E-state index in [9.17, 15) is 0 Å². The predicted octanol–water partition coefficient (Wildman–Crippen LogP) is 4.11. The number of thiophene rings is 1. The van der Waals surface area contributed by atoms with E-state index in [2.05, 4.69) is 49.6 Å². The highest BCUT2D eigenvalue weighted by Gasteiger charge is 2.04. The van der Waals surface area contributed by atoms with Gasteiger partial charge in [0.25, 0.3) is 0 Å². The monoisotopic (exact) mass is 371 g/mol. The van der Waals surface area contributed by atoms with E-state index in [0.717, 1.165) is 39.9 Å². The standard InChI is InChI=1S/C14H18BrN3S2/c1-9-10(2)17-14(18-11(9)3)19-5-4-16-7-13-6-12(15)8-20-13/h6,8,16H,4-5,7H2,1-3H3. The van der Waals surface area contributed by atoms with Crippen LogP contribution in [0.3, 0.4) is 0 Å². The SMILES string of the molecule is Cc1nc(SCCNCc2cc(Br)cs2)nc(C)c1C. The molecule has 20 heavy (non-hydrogen) atoms. The highest BCUT2D eigenvalue weighted by molar-refractivity contribution is 9.10. The molecule has 0 spiro atoms. The van der Waals surface area contributed by atoms with E-state index in [1.54, 1.807) is 23.1 Å². The average Bonchev–Trinajstić information content (AvgIpc) is 2.81. The van der Waals surface area contributed by atoms with Gasteiger partial charge in [0.1, 0.15) is 0 Å². The van der Waals surface area contributed by atoms with Crippen LogP contribution >= 0.6 is 39.0 Å². The zero-order valence-electron chi connectivity index (χ0n) is 11.9. The molecule has 0 amide bonds. The Kier molecular flexibility index (Phi) is 6.01. The van der Waals surface area contributed by atoms with Crippen molar-refractivity contribution < 1.29 is 0 Å². The first-order chi connectivity index (χ1) is 9.56. The molecule has 2 rings (SSSR count). The fraction of sp³-hybridized carbons (Fsp3) is 0.429. The van der Waals surface area contributed by atoms with Crippen LogP contribution in [-0.4, -0.2) is 22.3 Å². The van der Waals surface area contributed by atoms with Gasteiger partial charge in [0, 0.05) is 45.0 Å². The summed E-state index contributed by atoms with van der Waals surface area (Å²) in [5.41, 5.74) is 3.35. The fourth-order valence-corrected chi connectivity index (χ4v) is 3.93. The smallest absolute Gasteiger partial charge is 0.188 e. The lowest BCUT2D eigenvalue weighted by Crippen LogP contribution is -2.16.